The van der Waals surface area contributed by atoms with Gasteiger partial charge in [-0.05, 0) is 13.0 Å². The number of ether oxygens (including phenoxy) is 2. The van der Waals surface area contributed by atoms with Gasteiger partial charge in [-0.1, -0.05) is 0 Å². The second-order valence-corrected chi connectivity index (χ2v) is 4.04. The maximum Gasteiger partial charge on any atom is 0.0701 e. The van der Waals surface area contributed by atoms with E-state index in [1.54, 1.807) is 7.11 Å². The van der Waals surface area contributed by atoms with E-state index >= 15 is 0 Å². The van der Waals surface area contributed by atoms with E-state index in [2.05, 4.69) is 16.6 Å². The van der Waals surface area contributed by atoms with E-state index in [9.17, 15) is 0 Å². The molecule has 0 spiro atoms. The maximum atomic E-state index is 5.50. The van der Waals surface area contributed by atoms with Crippen molar-refractivity contribution < 1.29 is 9.47 Å². The normalized spacial score (nSPS) is 12.9. The summed E-state index contributed by atoms with van der Waals surface area (Å²) in [6.45, 7) is 3.72. The Morgan fingerprint density at radius 2 is 2.29 bits per heavy atom. The molecule has 0 aliphatic heterocycles. The first kappa shape index (κ1) is 14.1. The highest BCUT2D eigenvalue weighted by atomic mass is 16.5. The molecular weight excluding hydrogens is 220 g/mol. The lowest BCUT2D eigenvalue weighted by molar-refractivity contribution is 0.0585. The summed E-state index contributed by atoms with van der Waals surface area (Å²) in [7, 11) is 3.59. The number of hydrogen-bond acceptors (Lipinski definition) is 5. The monoisotopic (exact) mass is 242 g/mol. The van der Waals surface area contributed by atoms with Crippen LogP contribution in [0.25, 0.3) is 0 Å². The molecule has 1 heterocycles. The lowest BCUT2D eigenvalue weighted by Crippen LogP contribution is -2.41. The predicted molar refractivity (Wildman–Crippen MR) is 65.5 cm³/mol. The fraction of sp³-hybridized carbons (Fsp3) is 0.727. The SMILES string of the molecule is COCCOCC(Cc1cc(C)nn1C)NN. The van der Waals surface area contributed by atoms with E-state index in [1.165, 1.54) is 0 Å². The molecule has 1 aromatic heterocycles. The summed E-state index contributed by atoms with van der Waals surface area (Å²) < 4.78 is 12.2. The molecule has 1 aromatic rings. The third-order valence-corrected chi connectivity index (χ3v) is 2.54. The fourth-order valence-corrected chi connectivity index (χ4v) is 1.64. The van der Waals surface area contributed by atoms with Crippen LogP contribution in [-0.2, 0) is 22.9 Å². The molecule has 6 nitrogen and oxygen atoms in total. The van der Waals surface area contributed by atoms with Crippen LogP contribution in [0.3, 0.4) is 0 Å². The van der Waals surface area contributed by atoms with Crippen LogP contribution in [0.4, 0.5) is 0 Å². The highest BCUT2D eigenvalue weighted by molar-refractivity contribution is 5.09. The smallest absolute Gasteiger partial charge is 0.0701 e. The molecule has 3 N–H and O–H groups in total. The van der Waals surface area contributed by atoms with Crippen LogP contribution in [0.15, 0.2) is 6.07 Å². The summed E-state index contributed by atoms with van der Waals surface area (Å²) in [6, 6.07) is 2.14. The van der Waals surface area contributed by atoms with Gasteiger partial charge in [-0.15, -0.1) is 0 Å². The first-order valence-electron chi connectivity index (χ1n) is 5.69. The van der Waals surface area contributed by atoms with Gasteiger partial charge < -0.3 is 9.47 Å². The number of hydrazine groups is 1. The minimum atomic E-state index is 0.0849. The molecule has 1 atom stereocenters. The first-order chi connectivity index (χ1) is 8.17. The van der Waals surface area contributed by atoms with Gasteiger partial charge in [0, 0.05) is 32.3 Å². The first-order valence-corrected chi connectivity index (χ1v) is 5.69. The largest absolute Gasteiger partial charge is 0.382 e. The molecular formula is C11H22N4O2. The molecule has 6 heteroatoms. The summed E-state index contributed by atoms with van der Waals surface area (Å²) in [5.41, 5.74) is 4.91. The quantitative estimate of drug-likeness (QED) is 0.374. The summed E-state index contributed by atoms with van der Waals surface area (Å²) in [4.78, 5) is 0. The van der Waals surface area contributed by atoms with Crippen molar-refractivity contribution in [1.82, 2.24) is 15.2 Å². The van der Waals surface area contributed by atoms with E-state index in [1.807, 2.05) is 18.7 Å². The number of hydrogen-bond donors (Lipinski definition) is 2. The number of rotatable bonds is 8. The zero-order valence-corrected chi connectivity index (χ0v) is 10.8. The van der Waals surface area contributed by atoms with Crippen molar-refractivity contribution in [3.8, 4) is 0 Å². The van der Waals surface area contributed by atoms with E-state index in [-0.39, 0.29) is 6.04 Å². The molecule has 0 aromatic carbocycles. The van der Waals surface area contributed by atoms with Crippen molar-refractivity contribution in [2.75, 3.05) is 26.9 Å². The fourth-order valence-electron chi connectivity index (χ4n) is 1.64. The Labute approximate surface area is 102 Å². The van der Waals surface area contributed by atoms with Crippen LogP contribution in [0.1, 0.15) is 11.4 Å². The van der Waals surface area contributed by atoms with Gasteiger partial charge in [-0.3, -0.25) is 16.0 Å². The highest BCUT2D eigenvalue weighted by Crippen LogP contribution is 2.05. The van der Waals surface area contributed by atoms with Crippen LogP contribution < -0.4 is 11.3 Å². The van der Waals surface area contributed by atoms with Gasteiger partial charge in [-0.25, -0.2) is 0 Å². The van der Waals surface area contributed by atoms with Crippen LogP contribution >= 0.6 is 0 Å². The van der Waals surface area contributed by atoms with Gasteiger partial charge in [0.05, 0.1) is 25.5 Å². The van der Waals surface area contributed by atoms with Crippen LogP contribution in [-0.4, -0.2) is 42.8 Å². The Morgan fingerprint density at radius 3 is 2.82 bits per heavy atom. The molecule has 0 radical (unpaired) electrons. The van der Waals surface area contributed by atoms with Crippen molar-refractivity contribution in [3.63, 3.8) is 0 Å². The second kappa shape index (κ2) is 7.39. The van der Waals surface area contributed by atoms with Crippen molar-refractivity contribution in [3.05, 3.63) is 17.5 Å². The van der Waals surface area contributed by atoms with E-state index < -0.39 is 0 Å². The maximum absolute atomic E-state index is 5.50. The molecule has 17 heavy (non-hydrogen) atoms. The number of aromatic nitrogens is 2. The Kier molecular flexibility index (Phi) is 6.13. The lowest BCUT2D eigenvalue weighted by Gasteiger charge is -2.15. The van der Waals surface area contributed by atoms with E-state index in [0.717, 1.165) is 17.8 Å². The number of methoxy groups -OCH3 is 1. The number of nitrogens with zero attached hydrogens (tertiary/aromatic N) is 2. The third-order valence-electron chi connectivity index (χ3n) is 2.54. The average molecular weight is 242 g/mol. The van der Waals surface area contributed by atoms with Gasteiger partial charge in [0.2, 0.25) is 0 Å². The van der Waals surface area contributed by atoms with E-state index in [0.29, 0.717) is 19.8 Å². The zero-order valence-electron chi connectivity index (χ0n) is 10.8. The summed E-state index contributed by atoms with van der Waals surface area (Å²) in [6.07, 6.45) is 0.792. The van der Waals surface area contributed by atoms with Crippen LogP contribution in [0.5, 0.6) is 0 Å². The van der Waals surface area contributed by atoms with Gasteiger partial charge in [-0.2, -0.15) is 5.10 Å². The average Bonchev–Trinajstić information content (AvgIpc) is 2.61. The topological polar surface area (TPSA) is 74.3 Å². The predicted octanol–water partition coefficient (Wildman–Crippen LogP) is -0.234. The lowest BCUT2D eigenvalue weighted by atomic mass is 10.1. The summed E-state index contributed by atoms with van der Waals surface area (Å²) in [5, 5.41) is 4.30. The highest BCUT2D eigenvalue weighted by Gasteiger charge is 2.11. The number of aryl methyl sites for hydroxylation is 2. The third kappa shape index (κ3) is 4.82. The number of nitrogens with one attached hydrogen (secondary N) is 1. The van der Waals surface area contributed by atoms with Crippen LogP contribution in [0, 0.1) is 6.92 Å². The van der Waals surface area contributed by atoms with Crippen molar-refractivity contribution in [2.24, 2.45) is 12.9 Å². The van der Waals surface area contributed by atoms with Crippen molar-refractivity contribution in [2.45, 2.75) is 19.4 Å². The Hall–Kier alpha value is -0.950. The molecule has 0 bridgehead atoms. The second-order valence-electron chi connectivity index (χ2n) is 4.04. The minimum Gasteiger partial charge on any atom is -0.382 e. The molecule has 1 rings (SSSR count). The van der Waals surface area contributed by atoms with Gasteiger partial charge in [0.25, 0.3) is 0 Å². The Bertz CT molecular complexity index is 327. The minimum absolute atomic E-state index is 0.0849. The molecule has 0 fully saturated rings. The molecule has 1 unspecified atom stereocenters. The molecule has 0 saturated carbocycles. The molecule has 0 amide bonds. The van der Waals surface area contributed by atoms with Gasteiger partial charge >= 0.3 is 0 Å². The number of nitrogens with two attached hydrogens (primary N) is 1. The van der Waals surface area contributed by atoms with E-state index in [4.69, 9.17) is 15.3 Å². The molecule has 98 valence electrons. The van der Waals surface area contributed by atoms with Gasteiger partial charge in [0.15, 0.2) is 0 Å². The molecule has 0 aliphatic carbocycles. The van der Waals surface area contributed by atoms with Crippen molar-refractivity contribution in [1.29, 1.82) is 0 Å². The van der Waals surface area contributed by atoms with Crippen LogP contribution in [0.2, 0.25) is 0 Å². The standard InChI is InChI=1S/C11H22N4O2/c1-9-6-11(15(2)14-9)7-10(13-12)8-17-5-4-16-3/h6,10,13H,4-5,7-8,12H2,1-3H3. The molecule has 0 saturated heterocycles. The summed E-state index contributed by atoms with van der Waals surface area (Å²) >= 11 is 0. The zero-order chi connectivity index (χ0) is 12.7. The van der Waals surface area contributed by atoms with Crippen molar-refractivity contribution >= 4 is 0 Å². The molecule has 0 aliphatic rings. The van der Waals surface area contributed by atoms with Gasteiger partial charge in [0.1, 0.15) is 0 Å². The summed E-state index contributed by atoms with van der Waals surface area (Å²) in [5.74, 6) is 5.50. The Morgan fingerprint density at radius 1 is 1.53 bits per heavy atom. The Balaban J connectivity index is 2.38.